The monoisotopic (exact) mass is 1750 g/mol. The molecule has 6 aliphatic rings. The highest BCUT2D eigenvalue weighted by atomic mass is 16.2. The average molecular weight is 1750 g/mol. The van der Waals surface area contributed by atoms with Crippen molar-refractivity contribution < 1.29 is 67.1 Å². The number of amides is 13. The Balaban J connectivity index is 0.000000265. The molecule has 5 aromatic rings. The summed E-state index contributed by atoms with van der Waals surface area (Å²) >= 11 is 0. The summed E-state index contributed by atoms with van der Waals surface area (Å²) in [5.41, 5.74) is 26.2. The SMILES string of the molecule is CC(=O)C[C@@H](Cc1ccccc1)C(=O)NC1CCCNC(=O)[C@H](CCCN=C(N)N)NC(=O)[C@H](Cc2c[nH]c3ccccc23)NC(=O)[C@@H](CC2CCCCC2)NC(=O)[C@@H]2CCCN2C1=O.CC(=O)N[C@@H](Cc1ccccc1)C(=O)NC1CCCNC(=O)[C@H](CCCN=C(N)N)NC(=O)[C@H](Cc2ccccc2)NC(=O)[C@@H](CC2CCCCC2)NC(=O)[C@@H]2CCCN2C1=O. The maximum Gasteiger partial charge on any atom is 0.245 e. The van der Waals surface area contributed by atoms with Crippen molar-refractivity contribution in [2.45, 2.75) is 267 Å². The number of rotatable bonds is 27. The molecule has 34 heteroatoms. The minimum Gasteiger partial charge on any atom is -0.370 e. The number of hydrogen-bond acceptors (Lipinski definition) is 16. The summed E-state index contributed by atoms with van der Waals surface area (Å²) in [5, 5.41) is 32.8. The van der Waals surface area contributed by atoms with Crippen molar-refractivity contribution in [3.63, 3.8) is 0 Å². The second kappa shape index (κ2) is 49.6. The van der Waals surface area contributed by atoms with Crippen LogP contribution in [0, 0.1) is 17.8 Å². The number of aromatic nitrogens is 1. The van der Waals surface area contributed by atoms with Crippen LogP contribution in [-0.4, -0.2) is 215 Å². The van der Waals surface area contributed by atoms with E-state index in [1.165, 1.54) is 23.6 Å². The molecule has 13 amide bonds. The molecule has 2 unspecified atom stereocenters. The van der Waals surface area contributed by atoms with E-state index in [2.05, 4.69) is 73.5 Å². The number of aliphatic imine (C=N–C) groups is 2. The van der Waals surface area contributed by atoms with Gasteiger partial charge in [-0.2, -0.15) is 0 Å². The second-order valence-electron chi connectivity index (χ2n) is 34.6. The van der Waals surface area contributed by atoms with Gasteiger partial charge in [-0.25, -0.2) is 0 Å². The fraction of sp³-hybridized carbons (Fsp3) is 0.548. The first-order chi connectivity index (χ1) is 61.2. The van der Waals surface area contributed by atoms with Gasteiger partial charge in [0.15, 0.2) is 11.9 Å². The molecule has 1 aromatic heterocycles. The van der Waals surface area contributed by atoms with Crippen molar-refractivity contribution in [3.05, 3.63) is 144 Å². The van der Waals surface area contributed by atoms with E-state index in [-0.39, 0.29) is 139 Å². The number of ketones is 1. The first-order valence-corrected chi connectivity index (χ1v) is 45.4. The molecule has 4 saturated heterocycles. The molecule has 20 N–H and O–H groups in total. The number of Topliss-reactive ketones (excluding diaryl/α,β-unsaturated/α-hetero) is 1. The number of hydrogen-bond donors (Lipinski definition) is 16. The topological polar surface area (TPSA) is 522 Å². The van der Waals surface area contributed by atoms with Crippen LogP contribution in [0.25, 0.3) is 10.9 Å². The lowest BCUT2D eigenvalue weighted by molar-refractivity contribution is -0.143. The zero-order valence-corrected chi connectivity index (χ0v) is 73.2. The summed E-state index contributed by atoms with van der Waals surface area (Å²) < 4.78 is 0. The molecule has 2 aliphatic carbocycles. The number of fused-ring (bicyclic) bond motifs is 3. The van der Waals surface area contributed by atoms with Crippen molar-refractivity contribution in [1.82, 2.24) is 73.3 Å². The number of H-pyrrole nitrogens is 1. The molecule has 0 bridgehead atoms. The fourth-order valence-corrected chi connectivity index (χ4v) is 18.1. The molecule has 4 aliphatic heterocycles. The summed E-state index contributed by atoms with van der Waals surface area (Å²) in [7, 11) is 0. The standard InChI is InChI=1S/C48H66N10O7.C45H64N10O7/c1-30(59)25-33(26-31-13-4-2-5-14-31)42(60)55-38-20-11-22-51-43(61)37(19-10-23-52-48(49)50)54-45(63)40(28-34-29-53-36-18-9-8-17-35(34)36)56-44(62)39(27-32-15-6-3-7-16-32)57-46(64)41-21-12-24-58(41)47(38)65;1-29(56)50-35(26-30-14-5-2-6-15-30)40(58)52-34-21-12-23-48-39(57)33(20-11-24-49-45(46)47)51-41(59)36(27-31-16-7-3-8-17-31)53-42(60)37(28-32-18-9-4-10-19-32)54-43(61)38-22-13-25-55(38)44(34)62/h2,4-5,8-9,13-14,17-18,29,32-33,37-41,53H,3,6-7,10-12,15-16,19-28H2,1H3,(H,51,61)(H,54,63)(H,55,60)(H,56,62)(H,57,64)(H4,49,50,52);2-3,5-8,14-17,32-38H,4,9-13,18-28H2,1H3,(H,48,57)(H,50,56)(H,51,59)(H,52,58)(H,53,60)(H,54,61)(H4,46,47,49)/t33-,37-,38?,39+,40-,41-;33-,34?,35-,36-,37+,38-/m00/s1. The Labute approximate surface area is 742 Å². The molecule has 0 radical (unpaired) electrons. The molecule has 686 valence electrons. The predicted molar refractivity (Wildman–Crippen MR) is 480 cm³/mol. The number of carbonyl (C=O) groups is 14. The van der Waals surface area contributed by atoms with Gasteiger partial charge in [-0.15, -0.1) is 0 Å². The number of nitrogens with two attached hydrogens (primary N) is 4. The Morgan fingerprint density at radius 2 is 0.850 bits per heavy atom. The number of para-hydroxylation sites is 1. The van der Waals surface area contributed by atoms with Crippen LogP contribution in [0.4, 0.5) is 0 Å². The fourth-order valence-electron chi connectivity index (χ4n) is 18.1. The van der Waals surface area contributed by atoms with E-state index in [9.17, 15) is 67.1 Å². The van der Waals surface area contributed by atoms with Crippen LogP contribution < -0.4 is 81.4 Å². The molecule has 6 fully saturated rings. The molecule has 4 aromatic carbocycles. The quantitative estimate of drug-likeness (QED) is 0.0204. The van der Waals surface area contributed by atoms with Crippen LogP contribution in [-0.2, 0) is 92.8 Å². The van der Waals surface area contributed by atoms with Crippen molar-refractivity contribution in [1.29, 1.82) is 0 Å². The van der Waals surface area contributed by atoms with Gasteiger partial charge >= 0.3 is 0 Å². The van der Waals surface area contributed by atoms with Crippen molar-refractivity contribution >= 4 is 105 Å². The Kier molecular flexibility index (Phi) is 37.9. The Hall–Kier alpha value is -12.3. The molecule has 2 saturated carbocycles. The normalized spacial score (nSPS) is 23.7. The lowest BCUT2D eigenvalue weighted by Crippen LogP contribution is -2.60. The Morgan fingerprint density at radius 1 is 0.433 bits per heavy atom. The minimum absolute atomic E-state index is 0.0319. The Bertz CT molecular complexity index is 4610. The molecule has 127 heavy (non-hydrogen) atoms. The highest BCUT2D eigenvalue weighted by Gasteiger charge is 2.44. The average Bonchev–Trinajstić information content (AvgIpc) is 1.73. The maximum atomic E-state index is 14.6. The van der Waals surface area contributed by atoms with Gasteiger partial charge in [0.2, 0.25) is 76.8 Å². The van der Waals surface area contributed by atoms with Crippen LogP contribution in [0.2, 0.25) is 0 Å². The number of benzene rings is 4. The third-order valence-electron chi connectivity index (χ3n) is 24.7. The van der Waals surface area contributed by atoms with Crippen LogP contribution in [0.1, 0.15) is 197 Å². The molecule has 12 atom stereocenters. The first-order valence-electron chi connectivity index (χ1n) is 45.4. The number of aromatic amines is 1. The zero-order valence-electron chi connectivity index (χ0n) is 73.2. The van der Waals surface area contributed by atoms with E-state index >= 15 is 0 Å². The van der Waals surface area contributed by atoms with Gasteiger partial charge in [0, 0.05) is 94.9 Å². The molecular formula is C93H130N20O14. The van der Waals surface area contributed by atoms with E-state index < -0.39 is 149 Å². The lowest BCUT2D eigenvalue weighted by atomic mass is 9.84. The number of guanidine groups is 2. The van der Waals surface area contributed by atoms with E-state index in [1.54, 1.807) is 6.20 Å². The van der Waals surface area contributed by atoms with Crippen LogP contribution in [0.3, 0.4) is 0 Å². The molecule has 5 heterocycles. The largest absolute Gasteiger partial charge is 0.370 e. The molecule has 0 spiro atoms. The van der Waals surface area contributed by atoms with Crippen LogP contribution in [0.5, 0.6) is 0 Å². The van der Waals surface area contributed by atoms with E-state index in [1.807, 2.05) is 115 Å². The van der Waals surface area contributed by atoms with Gasteiger partial charge in [0.25, 0.3) is 0 Å². The van der Waals surface area contributed by atoms with E-state index in [4.69, 9.17) is 22.9 Å². The van der Waals surface area contributed by atoms with Gasteiger partial charge in [-0.3, -0.25) is 72.3 Å². The number of nitrogens with zero attached hydrogens (tertiary/aromatic N) is 4. The number of carbonyl (C=O) groups excluding carboxylic acids is 14. The third kappa shape index (κ3) is 30.5. The number of nitrogens with one attached hydrogen (secondary N) is 12. The van der Waals surface area contributed by atoms with E-state index in [0.717, 1.165) is 97.4 Å². The van der Waals surface area contributed by atoms with Gasteiger partial charge in [-0.1, -0.05) is 173 Å². The van der Waals surface area contributed by atoms with Gasteiger partial charge < -0.3 is 101 Å². The zero-order chi connectivity index (χ0) is 90.7. The molecular weight excluding hydrogens is 1620 g/mol. The maximum absolute atomic E-state index is 14.6. The lowest BCUT2D eigenvalue weighted by Gasteiger charge is -2.32. The Morgan fingerprint density at radius 3 is 1.31 bits per heavy atom. The summed E-state index contributed by atoms with van der Waals surface area (Å²) in [5.74, 6) is -7.44. The summed E-state index contributed by atoms with van der Waals surface area (Å²) in [6.45, 7) is 3.82. The van der Waals surface area contributed by atoms with Gasteiger partial charge in [0.05, 0.1) is 0 Å². The van der Waals surface area contributed by atoms with Crippen LogP contribution in [0.15, 0.2) is 131 Å². The predicted octanol–water partition coefficient (Wildman–Crippen LogP) is 3.25. The third-order valence-corrected chi connectivity index (χ3v) is 24.7. The van der Waals surface area contributed by atoms with Crippen molar-refractivity contribution in [2.75, 3.05) is 39.3 Å². The molecule has 34 nitrogen and oxygen atoms in total. The summed E-state index contributed by atoms with van der Waals surface area (Å²) in [4.78, 5) is 210. The highest BCUT2D eigenvalue weighted by molar-refractivity contribution is 6.00. The van der Waals surface area contributed by atoms with Gasteiger partial charge in [-0.05, 0) is 143 Å². The molecule has 11 rings (SSSR count). The van der Waals surface area contributed by atoms with Crippen LogP contribution >= 0.6 is 0 Å². The smallest absolute Gasteiger partial charge is 0.245 e. The van der Waals surface area contributed by atoms with Crippen molar-refractivity contribution in [3.8, 4) is 0 Å². The van der Waals surface area contributed by atoms with Gasteiger partial charge in [0.1, 0.15) is 72.2 Å². The first kappa shape index (κ1) is 96.9. The highest BCUT2D eigenvalue weighted by Crippen LogP contribution is 2.32. The summed E-state index contributed by atoms with van der Waals surface area (Å²) in [6.07, 6.45) is 16.3. The van der Waals surface area contributed by atoms with Crippen molar-refractivity contribution in [2.24, 2.45) is 50.7 Å². The summed E-state index contributed by atoms with van der Waals surface area (Å²) in [6, 6.07) is 23.9. The van der Waals surface area contributed by atoms with E-state index in [0.29, 0.717) is 51.4 Å². The second-order valence-corrected chi connectivity index (χ2v) is 34.6. The minimum atomic E-state index is -1.14.